The third kappa shape index (κ3) is 1.69. The Hall–Kier alpha value is -0.830. The Balaban J connectivity index is 1.95. The summed E-state index contributed by atoms with van der Waals surface area (Å²) >= 11 is 0. The van der Waals surface area contributed by atoms with Gasteiger partial charge in [-0.2, -0.15) is 0 Å². The second-order valence-electron chi connectivity index (χ2n) is 4.70. The fraction of sp³-hybridized carbons (Fsp3) is 0.727. The van der Waals surface area contributed by atoms with Gasteiger partial charge in [-0.3, -0.25) is 4.79 Å². The number of hydrogen-bond donors (Lipinski definition) is 2. The molecule has 1 saturated carbocycles. The highest BCUT2D eigenvalue weighted by Gasteiger charge is 2.33. The van der Waals surface area contributed by atoms with Crippen LogP contribution in [-0.2, 0) is 4.79 Å². The normalized spacial score (nSPS) is 23.4. The number of carbonyl (C=O) groups excluding carboxylic acids is 1. The van der Waals surface area contributed by atoms with Crippen LogP contribution >= 0.6 is 0 Å². The van der Waals surface area contributed by atoms with Crippen LogP contribution in [0.3, 0.4) is 0 Å². The Morgan fingerprint density at radius 1 is 1.43 bits per heavy atom. The van der Waals surface area contributed by atoms with Crippen molar-refractivity contribution in [2.75, 3.05) is 13.1 Å². The standard InChI is InChI=1S/C11H18N2O/c1-8(9-6-12-7-9)10(14)13-11(2)4-3-5-11/h12H,3-7H2,1-2H3,(H,13,14). The van der Waals surface area contributed by atoms with Gasteiger partial charge in [0.05, 0.1) is 0 Å². The van der Waals surface area contributed by atoms with E-state index in [1.54, 1.807) is 0 Å². The van der Waals surface area contributed by atoms with Crippen molar-refractivity contribution in [2.24, 2.45) is 0 Å². The number of carbonyl (C=O) groups is 1. The molecule has 0 atom stereocenters. The summed E-state index contributed by atoms with van der Waals surface area (Å²) in [7, 11) is 0. The van der Waals surface area contributed by atoms with Gasteiger partial charge in [0.25, 0.3) is 0 Å². The molecular weight excluding hydrogens is 176 g/mol. The van der Waals surface area contributed by atoms with Crippen LogP contribution in [0.25, 0.3) is 0 Å². The highest BCUT2D eigenvalue weighted by atomic mass is 16.1. The Morgan fingerprint density at radius 2 is 2.07 bits per heavy atom. The van der Waals surface area contributed by atoms with Crippen molar-refractivity contribution < 1.29 is 4.79 Å². The van der Waals surface area contributed by atoms with Crippen LogP contribution < -0.4 is 10.6 Å². The molecule has 2 fully saturated rings. The van der Waals surface area contributed by atoms with Crippen LogP contribution in [0.5, 0.6) is 0 Å². The Morgan fingerprint density at radius 3 is 2.43 bits per heavy atom. The van der Waals surface area contributed by atoms with E-state index in [0.29, 0.717) is 0 Å². The van der Waals surface area contributed by atoms with Gasteiger partial charge >= 0.3 is 0 Å². The molecule has 0 aromatic carbocycles. The first-order valence-corrected chi connectivity index (χ1v) is 5.33. The molecule has 1 amide bonds. The second-order valence-corrected chi connectivity index (χ2v) is 4.70. The topological polar surface area (TPSA) is 41.1 Å². The molecule has 3 nitrogen and oxygen atoms in total. The van der Waals surface area contributed by atoms with Crippen LogP contribution in [0.1, 0.15) is 33.1 Å². The third-order valence-corrected chi connectivity index (χ3v) is 3.42. The van der Waals surface area contributed by atoms with Gasteiger partial charge in [0.2, 0.25) is 5.91 Å². The lowest BCUT2D eigenvalue weighted by Crippen LogP contribution is -2.51. The highest BCUT2D eigenvalue weighted by molar-refractivity contribution is 5.94. The summed E-state index contributed by atoms with van der Waals surface area (Å²) in [5.74, 6) is 0.128. The molecule has 3 heteroatoms. The maximum absolute atomic E-state index is 11.8. The summed E-state index contributed by atoms with van der Waals surface area (Å²) < 4.78 is 0. The molecular formula is C11H18N2O. The zero-order chi connectivity index (χ0) is 10.2. The molecule has 1 aliphatic heterocycles. The Labute approximate surface area is 84.9 Å². The molecule has 0 aromatic heterocycles. The van der Waals surface area contributed by atoms with Crippen LogP contribution in [0.15, 0.2) is 11.1 Å². The van der Waals surface area contributed by atoms with Crippen molar-refractivity contribution in [3.63, 3.8) is 0 Å². The minimum absolute atomic E-state index is 0.0794. The number of nitrogens with one attached hydrogen (secondary N) is 2. The molecule has 1 saturated heterocycles. The highest BCUT2D eigenvalue weighted by Crippen LogP contribution is 2.31. The van der Waals surface area contributed by atoms with E-state index >= 15 is 0 Å². The van der Waals surface area contributed by atoms with Crippen molar-refractivity contribution in [1.29, 1.82) is 0 Å². The minimum Gasteiger partial charge on any atom is -0.347 e. The lowest BCUT2D eigenvalue weighted by Gasteiger charge is -2.39. The molecule has 1 aliphatic carbocycles. The molecule has 2 rings (SSSR count). The van der Waals surface area contributed by atoms with Gasteiger partial charge in [-0.25, -0.2) is 0 Å². The van der Waals surface area contributed by atoms with Crippen molar-refractivity contribution in [1.82, 2.24) is 10.6 Å². The quantitative estimate of drug-likeness (QED) is 0.643. The predicted octanol–water partition coefficient (Wildman–Crippen LogP) is 0.965. The molecule has 0 bridgehead atoms. The van der Waals surface area contributed by atoms with Gasteiger partial charge in [0.1, 0.15) is 0 Å². The van der Waals surface area contributed by atoms with E-state index in [4.69, 9.17) is 0 Å². The number of hydrogen-bond acceptors (Lipinski definition) is 2. The maximum atomic E-state index is 11.8. The molecule has 78 valence electrons. The summed E-state index contributed by atoms with van der Waals surface area (Å²) in [6.07, 6.45) is 3.49. The van der Waals surface area contributed by atoms with Crippen LogP contribution in [-0.4, -0.2) is 24.5 Å². The zero-order valence-corrected chi connectivity index (χ0v) is 8.94. The van der Waals surface area contributed by atoms with Crippen molar-refractivity contribution >= 4 is 5.91 Å². The van der Waals surface area contributed by atoms with Gasteiger partial charge in [-0.1, -0.05) is 0 Å². The molecule has 0 unspecified atom stereocenters. The smallest absolute Gasteiger partial charge is 0.247 e. The average molecular weight is 194 g/mol. The maximum Gasteiger partial charge on any atom is 0.247 e. The van der Waals surface area contributed by atoms with Crippen molar-refractivity contribution in [3.8, 4) is 0 Å². The van der Waals surface area contributed by atoms with E-state index in [0.717, 1.165) is 31.5 Å². The summed E-state index contributed by atoms with van der Waals surface area (Å²) in [6.45, 7) is 5.82. The van der Waals surface area contributed by atoms with E-state index in [2.05, 4.69) is 17.6 Å². The van der Waals surface area contributed by atoms with Crippen LogP contribution in [0.4, 0.5) is 0 Å². The lowest BCUT2D eigenvalue weighted by atomic mass is 9.78. The molecule has 1 heterocycles. The molecule has 14 heavy (non-hydrogen) atoms. The molecule has 0 spiro atoms. The Bertz CT molecular complexity index is 284. The summed E-state index contributed by atoms with van der Waals surface area (Å²) in [4.78, 5) is 11.8. The van der Waals surface area contributed by atoms with E-state index in [9.17, 15) is 4.79 Å². The summed E-state index contributed by atoms with van der Waals surface area (Å²) in [5.41, 5.74) is 2.25. The van der Waals surface area contributed by atoms with E-state index < -0.39 is 0 Å². The third-order valence-electron chi connectivity index (χ3n) is 3.42. The second kappa shape index (κ2) is 3.39. The molecule has 2 aliphatic rings. The van der Waals surface area contributed by atoms with Gasteiger partial charge in [-0.05, 0) is 38.7 Å². The predicted molar refractivity (Wildman–Crippen MR) is 56.0 cm³/mol. The molecule has 2 N–H and O–H groups in total. The van der Waals surface area contributed by atoms with E-state index in [-0.39, 0.29) is 11.4 Å². The first-order chi connectivity index (χ1) is 6.61. The first-order valence-electron chi connectivity index (χ1n) is 5.33. The largest absolute Gasteiger partial charge is 0.347 e. The van der Waals surface area contributed by atoms with E-state index in [1.165, 1.54) is 12.0 Å². The van der Waals surface area contributed by atoms with Gasteiger partial charge < -0.3 is 10.6 Å². The monoisotopic (exact) mass is 194 g/mol. The van der Waals surface area contributed by atoms with Gasteiger partial charge in [0, 0.05) is 24.2 Å². The minimum atomic E-state index is 0.0794. The van der Waals surface area contributed by atoms with Gasteiger partial charge in [-0.15, -0.1) is 0 Å². The average Bonchev–Trinajstić information content (AvgIpc) is 1.98. The molecule has 0 radical (unpaired) electrons. The lowest BCUT2D eigenvalue weighted by molar-refractivity contribution is -0.120. The van der Waals surface area contributed by atoms with Crippen molar-refractivity contribution in [3.05, 3.63) is 11.1 Å². The number of amides is 1. The summed E-state index contributed by atoms with van der Waals surface area (Å²) in [6, 6.07) is 0. The number of rotatable bonds is 2. The zero-order valence-electron chi connectivity index (χ0n) is 8.94. The fourth-order valence-electron chi connectivity index (χ4n) is 1.88. The van der Waals surface area contributed by atoms with Crippen molar-refractivity contribution in [2.45, 2.75) is 38.6 Å². The fourth-order valence-corrected chi connectivity index (χ4v) is 1.88. The SMILES string of the molecule is CC(C(=O)NC1(C)CCC1)=C1CNC1. The van der Waals surface area contributed by atoms with Gasteiger partial charge in [0.15, 0.2) is 0 Å². The van der Waals surface area contributed by atoms with Crippen LogP contribution in [0.2, 0.25) is 0 Å². The Kier molecular flexibility index (Phi) is 2.35. The first kappa shape index (κ1) is 9.71. The summed E-state index contributed by atoms with van der Waals surface area (Å²) in [5, 5.41) is 6.27. The molecule has 0 aromatic rings. The van der Waals surface area contributed by atoms with E-state index in [1.807, 2.05) is 6.92 Å². The van der Waals surface area contributed by atoms with Crippen LogP contribution in [0, 0.1) is 0 Å².